The number of hydrogen-bond acceptors (Lipinski definition) is 26. The van der Waals surface area contributed by atoms with Crippen LogP contribution in [0.25, 0.3) is 21.8 Å². The largest absolute Gasteiger partial charge is 0.556 e. The lowest BCUT2D eigenvalue weighted by molar-refractivity contribution is 0.0697. The number of hydrogen-bond donors (Lipinski definition) is 0. The van der Waals surface area contributed by atoms with Gasteiger partial charge < -0.3 is 102 Å². The lowest BCUT2D eigenvalue weighted by Gasteiger charge is -2.28. The Balaban J connectivity index is 0.000000383. The summed E-state index contributed by atoms with van der Waals surface area (Å²) < 4.78 is 127. The Kier molecular flexibility index (Phi) is 61.7. The van der Waals surface area contributed by atoms with E-state index in [1.54, 1.807) is 43.4 Å². The average Bonchev–Trinajstić information content (AvgIpc) is 1.71. The summed E-state index contributed by atoms with van der Waals surface area (Å²) in [6.45, 7) is 54.8. The zero-order chi connectivity index (χ0) is 93.2. The molecule has 9 rings (SSSR count). The van der Waals surface area contributed by atoms with Gasteiger partial charge in [-0.2, -0.15) is 0 Å². The van der Waals surface area contributed by atoms with Crippen LogP contribution in [0.5, 0.6) is 0 Å². The van der Waals surface area contributed by atoms with E-state index in [9.17, 15) is 0 Å². The molecule has 0 saturated heterocycles. The fraction of sp³-hybridized carbons (Fsp3) is 0.554. The SMILES string of the molecule is CCO[Si](CCc1ccccn1)(OCC)OCC.CCO[Si](CCc1cccnc1)(OCC)OCC.CCO[Si](CCc1ccncc1)(OCC)OCC.CCO[Si](CCn1ccc2ccccc21)(OCC)OCC.CCO[Si](OCC)(OCC)c1ccc2c(ccn2C)c1.CCO[Si](OCC)(OCC)c1ccccn1.CCO[Si](OCC)(OCC)c1cccnc1. The van der Waals surface area contributed by atoms with Crippen molar-refractivity contribution >= 4 is 99.1 Å². The molecular formula is C92H155N7O21Si7. The molecule has 7 heterocycles. The Hall–Kier alpha value is -6.05. The normalized spacial score (nSPS) is 11.9. The van der Waals surface area contributed by atoms with E-state index >= 15 is 0 Å². The van der Waals surface area contributed by atoms with Gasteiger partial charge in [0.25, 0.3) is 0 Å². The van der Waals surface area contributed by atoms with Gasteiger partial charge in [-0.25, -0.2) is 0 Å². The molecular weight excluding hydrogens is 1740 g/mol. The molecule has 9 aromatic rings. The first kappa shape index (κ1) is 115. The van der Waals surface area contributed by atoms with Crippen LogP contribution in [0.4, 0.5) is 0 Å². The van der Waals surface area contributed by atoms with Gasteiger partial charge in [-0.15, -0.1) is 0 Å². The van der Waals surface area contributed by atoms with Crippen LogP contribution >= 0.6 is 0 Å². The quantitative estimate of drug-likeness (QED) is 0.0320. The molecule has 28 nitrogen and oxygen atoms in total. The maximum atomic E-state index is 5.94. The summed E-state index contributed by atoms with van der Waals surface area (Å²) in [4.78, 5) is 20.8. The van der Waals surface area contributed by atoms with Crippen LogP contribution in [0.3, 0.4) is 0 Å². The second-order valence-corrected chi connectivity index (χ2v) is 45.5. The molecule has 127 heavy (non-hydrogen) atoms. The van der Waals surface area contributed by atoms with Gasteiger partial charge in [0.15, 0.2) is 0 Å². The van der Waals surface area contributed by atoms with E-state index in [1.807, 2.05) is 225 Å². The first-order valence-electron chi connectivity index (χ1n) is 45.8. The molecule has 0 radical (unpaired) electrons. The van der Waals surface area contributed by atoms with Gasteiger partial charge in [0.05, 0.1) is 0 Å². The molecule has 0 spiro atoms. The maximum absolute atomic E-state index is 5.94. The molecule has 0 bridgehead atoms. The molecule has 0 atom stereocenters. The van der Waals surface area contributed by atoms with Crippen LogP contribution < -0.4 is 15.7 Å². The third-order valence-corrected chi connectivity index (χ3v) is 39.4. The van der Waals surface area contributed by atoms with E-state index in [2.05, 4.69) is 107 Å². The number of nitrogens with zero attached hydrogens (tertiary/aromatic N) is 7. The summed E-state index contributed by atoms with van der Waals surface area (Å²) in [6.07, 6.45) is 21.1. The Morgan fingerprint density at radius 2 is 0.638 bits per heavy atom. The van der Waals surface area contributed by atoms with E-state index < -0.39 is 61.6 Å². The summed E-state index contributed by atoms with van der Waals surface area (Å²) >= 11 is 0. The predicted molar refractivity (Wildman–Crippen MR) is 520 cm³/mol. The highest BCUT2D eigenvalue weighted by Gasteiger charge is 2.48. The molecule has 35 heteroatoms. The van der Waals surface area contributed by atoms with Gasteiger partial charge in [-0.3, -0.25) is 24.9 Å². The topological polar surface area (TPSA) is 268 Å². The van der Waals surface area contributed by atoms with Crippen LogP contribution in [-0.2, 0) is 126 Å². The summed E-state index contributed by atoms with van der Waals surface area (Å²) in [5.74, 6) is 0. The van der Waals surface area contributed by atoms with Gasteiger partial charge >= 0.3 is 61.6 Å². The van der Waals surface area contributed by atoms with Gasteiger partial charge in [-0.1, -0.05) is 48.5 Å². The number of fused-ring (bicyclic) bond motifs is 2. The summed E-state index contributed by atoms with van der Waals surface area (Å²) in [5.41, 5.74) is 5.91. The molecule has 0 aliphatic rings. The standard InChI is InChI=1S/C16H25NO3Si.C15H23NO3Si.3C13H23NO3Si.2C11H19NO3Si/c1-4-18-21(19-5-2,20-6-3)14-13-17-12-11-15-9-7-8-10-16(15)17;1-5-17-20(18-6-2,19-7-3)14-8-9-15-13(12-14)10-11-16(15)4;1-4-15-18(16-5-2,17-6-3)12-9-13-7-10-14-11-8-13;1-4-15-18(16-5-2,17-6-3)11-9-13-8-7-10-14-12-13;1-4-15-18(16-5-2,17-6-3)12-10-13-9-7-8-11-14-13;1-4-13-16(14-5-2,15-6-3)11-8-7-9-12-10-11;1-4-13-16(14-5-2,15-6-3)11-9-7-8-10-12-11/h7-12H,4-6,13-14H2,1-3H3;8-12H,5-7H2,1-4H3;7-8,10-11H,4-6,9,12H2,1-3H3;7-8,10,12H,4-6,9,11H2,1-3H3;7-9,11H,4-6,10,12H2,1-3H3;2*7-10H,4-6H2,1-3H3. The number of aromatic nitrogens is 7. The highest BCUT2D eigenvalue weighted by molar-refractivity contribution is 6.76. The van der Waals surface area contributed by atoms with Crippen molar-refractivity contribution in [2.24, 2.45) is 7.05 Å². The first-order chi connectivity index (χ1) is 61.8. The van der Waals surface area contributed by atoms with Crippen molar-refractivity contribution in [3.05, 3.63) is 206 Å². The molecule has 0 saturated carbocycles. The van der Waals surface area contributed by atoms with Crippen molar-refractivity contribution in [1.29, 1.82) is 0 Å². The fourth-order valence-electron chi connectivity index (χ4n) is 13.5. The van der Waals surface area contributed by atoms with Crippen LogP contribution in [0.2, 0.25) is 24.2 Å². The Morgan fingerprint density at radius 3 is 1.04 bits per heavy atom. The van der Waals surface area contributed by atoms with Crippen molar-refractivity contribution in [1.82, 2.24) is 34.1 Å². The molecule has 0 amide bonds. The van der Waals surface area contributed by atoms with E-state index in [-0.39, 0.29) is 0 Å². The minimum Gasteiger partial charge on any atom is -0.374 e. The first-order valence-corrected chi connectivity index (χ1v) is 58.7. The van der Waals surface area contributed by atoms with Crippen LogP contribution in [0.1, 0.15) is 162 Å². The van der Waals surface area contributed by atoms with Gasteiger partial charge in [0, 0.05) is 266 Å². The highest BCUT2D eigenvalue weighted by Crippen LogP contribution is 2.26. The molecule has 0 fully saturated rings. The number of benzene rings is 2. The number of para-hydroxylation sites is 1. The lowest BCUT2D eigenvalue weighted by Crippen LogP contribution is -2.58. The monoisotopic (exact) mass is 1890 g/mol. The molecule has 0 aliphatic carbocycles. The highest BCUT2D eigenvalue weighted by atomic mass is 28.4. The van der Waals surface area contributed by atoms with E-state index in [4.69, 9.17) is 92.9 Å². The zero-order valence-corrected chi connectivity index (χ0v) is 87.6. The third kappa shape index (κ3) is 40.9. The smallest absolute Gasteiger partial charge is 0.374 e. The van der Waals surface area contributed by atoms with Gasteiger partial charge in [0.2, 0.25) is 0 Å². The van der Waals surface area contributed by atoms with Gasteiger partial charge in [0.1, 0.15) is 5.32 Å². The molecule has 7 aromatic heterocycles. The van der Waals surface area contributed by atoms with Crippen molar-refractivity contribution < 1.29 is 92.9 Å². The lowest BCUT2D eigenvalue weighted by atomic mass is 10.2. The molecule has 0 aliphatic heterocycles. The van der Waals surface area contributed by atoms with Crippen LogP contribution in [0.15, 0.2) is 189 Å². The summed E-state index contributed by atoms with van der Waals surface area (Å²) in [5, 5.41) is 5.16. The van der Waals surface area contributed by atoms with Crippen molar-refractivity contribution in [2.75, 3.05) is 139 Å². The summed E-state index contributed by atoms with van der Waals surface area (Å²) in [6, 6.07) is 45.6. The van der Waals surface area contributed by atoms with E-state index in [0.717, 1.165) is 71.4 Å². The third-order valence-electron chi connectivity index (χ3n) is 18.3. The minimum absolute atomic E-state index is 0.558. The Bertz CT molecular complexity index is 3790. The number of rotatable bonds is 57. The van der Waals surface area contributed by atoms with Crippen molar-refractivity contribution in [3.8, 4) is 0 Å². The van der Waals surface area contributed by atoms with Crippen molar-refractivity contribution in [3.63, 3.8) is 0 Å². The van der Waals surface area contributed by atoms with E-state index in [0.29, 0.717) is 139 Å². The molecule has 2 aromatic carbocycles. The summed E-state index contributed by atoms with van der Waals surface area (Å²) in [7, 11) is -16.3. The van der Waals surface area contributed by atoms with Crippen LogP contribution in [0, 0.1) is 0 Å². The maximum Gasteiger partial charge on any atom is 0.556 e. The number of pyridine rings is 5. The predicted octanol–water partition coefficient (Wildman–Crippen LogP) is 16.8. The zero-order valence-electron chi connectivity index (χ0n) is 80.6. The van der Waals surface area contributed by atoms with Crippen LogP contribution in [-0.4, -0.2) is 234 Å². The fourth-order valence-corrected chi connectivity index (χ4v) is 31.1. The van der Waals surface area contributed by atoms with E-state index in [1.165, 1.54) is 32.9 Å². The van der Waals surface area contributed by atoms with Gasteiger partial charge in [-0.05, 0) is 265 Å². The average molecular weight is 1890 g/mol. The molecule has 0 unspecified atom stereocenters. The Labute approximate surface area is 768 Å². The number of aryl methyl sites for hydroxylation is 5. The molecule has 712 valence electrons. The molecule has 0 N–H and O–H groups in total. The second kappa shape index (κ2) is 68.0. The minimum atomic E-state index is -2.79. The second-order valence-electron chi connectivity index (χ2n) is 27.0. The Morgan fingerprint density at radius 1 is 0.260 bits per heavy atom. The van der Waals surface area contributed by atoms with Crippen molar-refractivity contribution in [2.45, 2.75) is 195 Å².